The van der Waals surface area contributed by atoms with Crippen LogP contribution in [0.1, 0.15) is 35.5 Å². The molecule has 2 radical (unpaired) electrons. The molecule has 9 nitrogen and oxygen atoms in total. The van der Waals surface area contributed by atoms with Gasteiger partial charge in [-0.25, -0.2) is 14.5 Å². The van der Waals surface area contributed by atoms with Gasteiger partial charge >= 0.3 is 6.09 Å². The lowest BCUT2D eigenvalue weighted by Crippen LogP contribution is -2.31. The molecule has 0 spiro atoms. The fraction of sp³-hybridized carbons (Fsp3) is 0.240. The van der Waals surface area contributed by atoms with Crippen molar-refractivity contribution < 1.29 is 14.3 Å². The van der Waals surface area contributed by atoms with Gasteiger partial charge in [-0.05, 0) is 51.0 Å². The first-order valence-electron chi connectivity index (χ1n) is 11.4. The maximum absolute atomic E-state index is 12.5. The van der Waals surface area contributed by atoms with E-state index in [0.29, 0.717) is 34.7 Å². The Morgan fingerprint density at radius 1 is 1.22 bits per heavy atom. The number of nitrogens with zero attached hydrogens (tertiary/aromatic N) is 4. The Labute approximate surface area is 213 Å². The van der Waals surface area contributed by atoms with Gasteiger partial charge < -0.3 is 10.1 Å². The summed E-state index contributed by atoms with van der Waals surface area (Å²) >= 11 is 1.36. The van der Waals surface area contributed by atoms with E-state index in [0.717, 1.165) is 33.1 Å². The second-order valence-electron chi connectivity index (χ2n) is 8.64. The lowest BCUT2D eigenvalue weighted by Gasteiger charge is -2.16. The number of hydrogen-bond donors (Lipinski definition) is 2. The third-order valence-corrected chi connectivity index (χ3v) is 6.79. The summed E-state index contributed by atoms with van der Waals surface area (Å²) in [5.74, 6) is -0.190. The van der Waals surface area contributed by atoms with Crippen LogP contribution in [0.2, 0.25) is 0 Å². The predicted octanol–water partition coefficient (Wildman–Crippen LogP) is 3.27. The number of methoxy groups -OCH3 is 1. The lowest BCUT2D eigenvalue weighted by atomic mass is 9.91. The highest BCUT2D eigenvalue weighted by atomic mass is 32.1. The van der Waals surface area contributed by atoms with Crippen molar-refractivity contribution in [3.63, 3.8) is 0 Å². The predicted molar refractivity (Wildman–Crippen MR) is 139 cm³/mol. The van der Waals surface area contributed by atoms with Crippen molar-refractivity contribution in [2.24, 2.45) is 0 Å². The van der Waals surface area contributed by atoms with Crippen molar-refractivity contribution in [3.05, 3.63) is 59.5 Å². The molecule has 36 heavy (non-hydrogen) atoms. The molecule has 180 valence electrons. The summed E-state index contributed by atoms with van der Waals surface area (Å²) in [6, 6.07) is 9.04. The van der Waals surface area contributed by atoms with Crippen LogP contribution in [-0.2, 0) is 17.6 Å². The molecular weight excluding hydrogens is 475 g/mol. The van der Waals surface area contributed by atoms with E-state index in [9.17, 15) is 9.59 Å². The summed E-state index contributed by atoms with van der Waals surface area (Å²) in [6.07, 6.45) is 4.33. The van der Waals surface area contributed by atoms with Crippen LogP contribution in [0.4, 0.5) is 9.93 Å². The number of carbonyl (C=O) groups is 2. The van der Waals surface area contributed by atoms with E-state index in [2.05, 4.69) is 20.6 Å². The van der Waals surface area contributed by atoms with Crippen molar-refractivity contribution >= 4 is 41.8 Å². The molecule has 0 atom stereocenters. The van der Waals surface area contributed by atoms with Gasteiger partial charge in [0.25, 0.3) is 5.91 Å². The Bertz CT molecular complexity index is 1460. The number of benzene rings is 1. The molecule has 1 aliphatic carbocycles. The smallest absolute Gasteiger partial charge is 0.413 e. The summed E-state index contributed by atoms with van der Waals surface area (Å²) < 4.78 is 6.52. The van der Waals surface area contributed by atoms with Gasteiger partial charge in [0, 0.05) is 35.1 Å². The molecule has 0 bridgehead atoms. The van der Waals surface area contributed by atoms with Gasteiger partial charge in [0.2, 0.25) is 0 Å². The SMILES string of the molecule is [B]c1cc(C(=O)NC(C)C)ccc1-n1nc(-c2cccnc2)c2c1-c1sc(NC(=O)OC)nc1CC2. The van der Waals surface area contributed by atoms with Gasteiger partial charge in [-0.15, -0.1) is 0 Å². The van der Waals surface area contributed by atoms with Crippen LogP contribution in [-0.4, -0.2) is 52.7 Å². The summed E-state index contributed by atoms with van der Waals surface area (Å²) in [5.41, 5.74) is 6.00. The average Bonchev–Trinajstić information content (AvgIpc) is 3.45. The topological polar surface area (TPSA) is 111 Å². The van der Waals surface area contributed by atoms with Crippen LogP contribution < -0.4 is 16.1 Å². The van der Waals surface area contributed by atoms with E-state index in [4.69, 9.17) is 17.7 Å². The van der Waals surface area contributed by atoms with Crippen molar-refractivity contribution in [3.8, 4) is 27.5 Å². The normalized spacial score (nSPS) is 12.1. The molecule has 0 unspecified atom stereocenters. The van der Waals surface area contributed by atoms with Gasteiger partial charge in [-0.3, -0.25) is 15.1 Å². The first kappa shape index (κ1) is 23.7. The zero-order valence-corrected chi connectivity index (χ0v) is 20.8. The molecule has 0 saturated heterocycles. The second-order valence-corrected chi connectivity index (χ2v) is 9.64. The van der Waals surface area contributed by atoms with Crippen molar-refractivity contribution in [2.45, 2.75) is 32.7 Å². The maximum atomic E-state index is 12.5. The zero-order chi connectivity index (χ0) is 25.4. The maximum Gasteiger partial charge on any atom is 0.413 e. The summed E-state index contributed by atoms with van der Waals surface area (Å²) in [4.78, 5) is 34.1. The standard InChI is InChI=1S/C25H23BN6O3S/c1-13(2)28-23(33)14-6-9-19(17(26)11-14)32-21-16(20(31-32)15-5-4-10-27-12-15)7-8-18-22(21)36-24(29-18)30-25(34)35-3/h4-6,9-13H,7-8H2,1-3H3,(H,28,33)(H,29,30,34). The Balaban J connectivity index is 1.66. The largest absolute Gasteiger partial charge is 0.453 e. The number of thiazole rings is 1. The number of aromatic nitrogens is 4. The number of fused-ring (bicyclic) bond motifs is 3. The molecule has 0 saturated carbocycles. The van der Waals surface area contributed by atoms with Gasteiger partial charge in [-0.2, -0.15) is 5.10 Å². The molecule has 4 aromatic rings. The summed E-state index contributed by atoms with van der Waals surface area (Å²) in [5, 5.41) is 11.0. The van der Waals surface area contributed by atoms with Crippen LogP contribution in [0, 0.1) is 0 Å². The van der Waals surface area contributed by atoms with Crippen LogP contribution in [0.15, 0.2) is 42.7 Å². The highest BCUT2D eigenvalue weighted by Gasteiger charge is 2.30. The molecule has 1 aliphatic rings. The van der Waals surface area contributed by atoms with E-state index in [1.165, 1.54) is 18.4 Å². The minimum atomic E-state index is -0.578. The second kappa shape index (κ2) is 9.58. The summed E-state index contributed by atoms with van der Waals surface area (Å²) in [6.45, 7) is 3.81. The highest BCUT2D eigenvalue weighted by Crippen LogP contribution is 2.43. The average molecular weight is 498 g/mol. The van der Waals surface area contributed by atoms with Crippen molar-refractivity contribution in [1.29, 1.82) is 0 Å². The van der Waals surface area contributed by atoms with E-state index in [1.807, 2.05) is 26.0 Å². The Kier molecular flexibility index (Phi) is 6.32. The number of ether oxygens (including phenoxy) is 1. The first-order valence-corrected chi connectivity index (χ1v) is 12.3. The number of hydrogen-bond acceptors (Lipinski definition) is 7. The minimum absolute atomic E-state index is 0.0103. The van der Waals surface area contributed by atoms with E-state index < -0.39 is 6.09 Å². The van der Waals surface area contributed by atoms with Gasteiger partial charge in [0.1, 0.15) is 7.85 Å². The molecular formula is C25H23BN6O3S. The lowest BCUT2D eigenvalue weighted by molar-refractivity contribution is 0.0943. The number of carbonyl (C=O) groups excluding carboxylic acids is 2. The molecule has 11 heteroatoms. The van der Waals surface area contributed by atoms with Crippen molar-refractivity contribution in [1.82, 2.24) is 25.1 Å². The van der Waals surface area contributed by atoms with Crippen LogP contribution in [0.25, 0.3) is 27.5 Å². The Hall–Kier alpha value is -3.99. The van der Waals surface area contributed by atoms with Crippen LogP contribution in [0.3, 0.4) is 0 Å². The van der Waals surface area contributed by atoms with E-state index in [-0.39, 0.29) is 11.9 Å². The molecule has 0 aliphatic heterocycles. The highest BCUT2D eigenvalue weighted by molar-refractivity contribution is 7.19. The molecule has 1 aromatic carbocycles. The number of aryl methyl sites for hydroxylation is 1. The van der Waals surface area contributed by atoms with Crippen LogP contribution in [0.5, 0.6) is 0 Å². The number of pyridine rings is 1. The molecule has 0 fully saturated rings. The van der Waals surface area contributed by atoms with Gasteiger partial charge in [-0.1, -0.05) is 22.9 Å². The molecule has 2 amide bonds. The van der Waals surface area contributed by atoms with Crippen LogP contribution >= 0.6 is 11.3 Å². The Morgan fingerprint density at radius 2 is 2.06 bits per heavy atom. The fourth-order valence-electron chi connectivity index (χ4n) is 4.21. The van der Waals surface area contributed by atoms with E-state index in [1.54, 1.807) is 35.3 Å². The number of nitrogens with one attached hydrogen (secondary N) is 2. The number of anilines is 1. The third-order valence-electron chi connectivity index (χ3n) is 5.77. The van der Waals surface area contributed by atoms with Gasteiger partial charge in [0.05, 0.1) is 34.8 Å². The molecule has 3 aromatic heterocycles. The van der Waals surface area contributed by atoms with Crippen molar-refractivity contribution in [2.75, 3.05) is 12.4 Å². The third kappa shape index (κ3) is 4.37. The van der Waals surface area contributed by atoms with Gasteiger partial charge in [0.15, 0.2) is 5.13 Å². The number of amides is 2. The minimum Gasteiger partial charge on any atom is -0.453 e. The summed E-state index contributed by atoms with van der Waals surface area (Å²) in [7, 11) is 7.78. The fourth-order valence-corrected chi connectivity index (χ4v) is 5.26. The molecule has 3 heterocycles. The first-order chi connectivity index (χ1) is 17.4. The Morgan fingerprint density at radius 3 is 2.75 bits per heavy atom. The zero-order valence-electron chi connectivity index (χ0n) is 20.0. The monoisotopic (exact) mass is 498 g/mol. The molecule has 2 N–H and O–H groups in total. The molecule has 5 rings (SSSR count). The van der Waals surface area contributed by atoms with E-state index >= 15 is 0 Å². The quantitative estimate of drug-likeness (QED) is 0.409. The number of rotatable bonds is 5.